The van der Waals surface area contributed by atoms with Gasteiger partial charge in [-0.3, -0.25) is 0 Å². The Morgan fingerprint density at radius 3 is 1.32 bits per heavy atom. The van der Waals surface area contributed by atoms with E-state index in [4.69, 9.17) is 20.9 Å². The quantitative estimate of drug-likeness (QED) is 0.148. The summed E-state index contributed by atoms with van der Waals surface area (Å²) in [4.78, 5) is 0. The number of rotatable bonds is 20. The molecule has 0 aromatic rings. The van der Waals surface area contributed by atoms with E-state index in [1.807, 2.05) is 13.8 Å². The van der Waals surface area contributed by atoms with Crippen LogP contribution in [0.15, 0.2) is 0 Å². The van der Waals surface area contributed by atoms with Crippen LogP contribution >= 0.6 is 17.1 Å². The molecule has 0 spiro atoms. The van der Waals surface area contributed by atoms with Crippen molar-refractivity contribution in [3.8, 4) is 0 Å². The second kappa shape index (κ2) is 19.7. The maximum atomic E-state index is 5.66. The van der Waals surface area contributed by atoms with Crippen molar-refractivity contribution in [2.24, 2.45) is 0 Å². The lowest BCUT2D eigenvalue weighted by molar-refractivity contribution is 0.280. The summed E-state index contributed by atoms with van der Waals surface area (Å²) in [6.45, 7) is 7.58. The molecular weight excluding hydrogens is 367 g/mol. The Morgan fingerprint density at radius 1 is 0.600 bits per heavy atom. The zero-order valence-corrected chi connectivity index (χ0v) is 19.6. The Labute approximate surface area is 167 Å². The van der Waals surface area contributed by atoms with E-state index < -0.39 is 5.69 Å². The molecule has 0 N–H and O–H groups in total. The second-order valence-corrected chi connectivity index (χ2v) is 13.1. The predicted molar refractivity (Wildman–Crippen MR) is 120 cm³/mol. The van der Waals surface area contributed by atoms with Gasteiger partial charge in [0.2, 0.25) is 5.69 Å². The van der Waals surface area contributed by atoms with Crippen molar-refractivity contribution in [3.63, 3.8) is 0 Å². The molecule has 0 fully saturated rings. The third-order valence-electron chi connectivity index (χ3n) is 4.32. The lowest BCUT2D eigenvalue weighted by Gasteiger charge is -2.19. The molecule has 0 heterocycles. The van der Waals surface area contributed by atoms with Crippen LogP contribution in [0.1, 0.15) is 111 Å². The SMILES string of the molecule is CCCCCCCCCCCCCCCCSP(=S)(OCC)OCC. The topological polar surface area (TPSA) is 18.5 Å². The van der Waals surface area contributed by atoms with E-state index in [2.05, 4.69) is 6.92 Å². The Kier molecular flexibility index (Phi) is 20.4. The molecule has 0 aromatic carbocycles. The van der Waals surface area contributed by atoms with Gasteiger partial charge < -0.3 is 9.05 Å². The van der Waals surface area contributed by atoms with Gasteiger partial charge in [-0.2, -0.15) is 0 Å². The summed E-state index contributed by atoms with van der Waals surface area (Å²) in [5, 5.41) is 0. The van der Waals surface area contributed by atoms with E-state index in [9.17, 15) is 0 Å². The molecule has 0 aliphatic heterocycles. The third-order valence-corrected chi connectivity index (χ3v) is 9.97. The van der Waals surface area contributed by atoms with Crippen molar-refractivity contribution in [3.05, 3.63) is 0 Å². The van der Waals surface area contributed by atoms with Gasteiger partial charge in [-0.05, 0) is 32.1 Å². The Balaban J connectivity index is 3.29. The number of hydrogen-bond acceptors (Lipinski definition) is 4. The summed E-state index contributed by atoms with van der Waals surface area (Å²) in [7, 11) is 0. The fourth-order valence-electron chi connectivity index (χ4n) is 2.90. The molecule has 0 bridgehead atoms. The van der Waals surface area contributed by atoms with Crippen LogP contribution in [0.4, 0.5) is 0 Å². The molecule has 0 atom stereocenters. The van der Waals surface area contributed by atoms with Gasteiger partial charge in [0, 0.05) is 5.75 Å². The van der Waals surface area contributed by atoms with Gasteiger partial charge in [-0.15, -0.1) is 0 Å². The number of unbranched alkanes of at least 4 members (excludes halogenated alkanes) is 13. The smallest absolute Gasteiger partial charge is 0.247 e. The molecule has 0 aliphatic rings. The van der Waals surface area contributed by atoms with Crippen LogP contribution in [0, 0.1) is 0 Å². The van der Waals surface area contributed by atoms with Gasteiger partial charge in [0.1, 0.15) is 0 Å². The first-order chi connectivity index (χ1) is 12.2. The molecule has 0 radical (unpaired) electrons. The first kappa shape index (κ1) is 25.9. The molecule has 152 valence electrons. The summed E-state index contributed by atoms with van der Waals surface area (Å²) < 4.78 is 11.3. The highest BCUT2D eigenvalue weighted by Gasteiger charge is 2.17. The average Bonchev–Trinajstić information content (AvgIpc) is 2.59. The summed E-state index contributed by atoms with van der Waals surface area (Å²) in [5.41, 5.74) is -2.06. The van der Waals surface area contributed by atoms with Gasteiger partial charge in [0.25, 0.3) is 0 Å². The van der Waals surface area contributed by atoms with Gasteiger partial charge >= 0.3 is 0 Å². The predicted octanol–water partition coefficient (Wildman–Crippen LogP) is 8.50. The molecule has 0 aromatic heterocycles. The van der Waals surface area contributed by atoms with Crippen molar-refractivity contribution in [1.82, 2.24) is 0 Å². The summed E-state index contributed by atoms with van der Waals surface area (Å²) >= 11 is 7.27. The standard InChI is InChI=1S/C20H43O2PS2/c1-4-7-8-9-10-11-12-13-14-15-16-17-18-19-20-25-23(24,21-5-2)22-6-3/h4-20H2,1-3H3. The van der Waals surface area contributed by atoms with Crippen molar-refractivity contribution < 1.29 is 9.05 Å². The Morgan fingerprint density at radius 2 is 0.960 bits per heavy atom. The van der Waals surface area contributed by atoms with Crippen molar-refractivity contribution in [2.75, 3.05) is 19.0 Å². The van der Waals surface area contributed by atoms with Gasteiger partial charge in [0.05, 0.1) is 13.2 Å². The van der Waals surface area contributed by atoms with Crippen LogP contribution in [0.3, 0.4) is 0 Å². The first-order valence-corrected chi connectivity index (χ1v) is 14.9. The zero-order valence-electron chi connectivity index (χ0n) is 17.1. The molecule has 0 rings (SSSR count). The van der Waals surface area contributed by atoms with E-state index in [-0.39, 0.29) is 0 Å². The monoisotopic (exact) mass is 410 g/mol. The maximum Gasteiger partial charge on any atom is 0.247 e. The van der Waals surface area contributed by atoms with Crippen LogP contribution < -0.4 is 0 Å². The van der Waals surface area contributed by atoms with Crippen molar-refractivity contribution in [1.29, 1.82) is 0 Å². The molecular formula is C20H43O2PS2. The van der Waals surface area contributed by atoms with E-state index in [0.29, 0.717) is 13.2 Å². The van der Waals surface area contributed by atoms with Crippen LogP contribution in [-0.2, 0) is 20.9 Å². The Bertz CT molecular complexity index is 304. The molecule has 5 heteroatoms. The molecule has 0 saturated heterocycles. The minimum atomic E-state index is -2.06. The third kappa shape index (κ3) is 18.1. The fraction of sp³-hybridized carbons (Fsp3) is 1.00. The van der Waals surface area contributed by atoms with E-state index in [1.165, 1.54) is 89.9 Å². The summed E-state index contributed by atoms with van der Waals surface area (Å²) in [6, 6.07) is 0. The van der Waals surface area contributed by atoms with Crippen LogP contribution in [0.25, 0.3) is 0 Å². The van der Waals surface area contributed by atoms with Crippen LogP contribution in [-0.4, -0.2) is 19.0 Å². The van der Waals surface area contributed by atoms with Crippen molar-refractivity contribution in [2.45, 2.75) is 111 Å². The van der Waals surface area contributed by atoms with Gasteiger partial charge in [-0.25, -0.2) is 0 Å². The lowest BCUT2D eigenvalue weighted by atomic mass is 10.0. The highest BCUT2D eigenvalue weighted by atomic mass is 32.9. The van der Waals surface area contributed by atoms with Crippen molar-refractivity contribution >= 4 is 28.9 Å². The van der Waals surface area contributed by atoms with Gasteiger partial charge in [0.15, 0.2) is 0 Å². The summed E-state index contributed by atoms with van der Waals surface area (Å²) in [6.07, 6.45) is 19.6. The summed E-state index contributed by atoms with van der Waals surface area (Å²) in [5.74, 6) is 1.08. The molecule has 0 amide bonds. The van der Waals surface area contributed by atoms with E-state index in [1.54, 1.807) is 11.4 Å². The normalized spacial score (nSPS) is 12.0. The zero-order chi connectivity index (χ0) is 18.6. The number of hydrogen-bond donors (Lipinski definition) is 0. The minimum absolute atomic E-state index is 0.656. The van der Waals surface area contributed by atoms with Gasteiger partial charge in [-0.1, -0.05) is 102 Å². The maximum absolute atomic E-state index is 5.66. The Hall–Kier alpha value is 0.920. The van der Waals surface area contributed by atoms with E-state index in [0.717, 1.165) is 5.75 Å². The lowest BCUT2D eigenvalue weighted by Crippen LogP contribution is -1.93. The molecule has 0 aliphatic carbocycles. The molecule has 25 heavy (non-hydrogen) atoms. The average molecular weight is 411 g/mol. The minimum Gasteiger partial charge on any atom is -0.322 e. The van der Waals surface area contributed by atoms with Crippen LogP contribution in [0.2, 0.25) is 0 Å². The largest absolute Gasteiger partial charge is 0.322 e. The fourth-order valence-corrected chi connectivity index (χ4v) is 7.75. The highest BCUT2D eigenvalue weighted by Crippen LogP contribution is 2.61. The second-order valence-electron chi connectivity index (χ2n) is 6.71. The molecule has 0 unspecified atom stereocenters. The van der Waals surface area contributed by atoms with Crippen LogP contribution in [0.5, 0.6) is 0 Å². The highest BCUT2D eigenvalue weighted by molar-refractivity contribution is 8.67. The molecule has 2 nitrogen and oxygen atoms in total. The van der Waals surface area contributed by atoms with E-state index >= 15 is 0 Å². The first-order valence-electron chi connectivity index (χ1n) is 10.7. The molecule has 0 saturated carbocycles.